The smallest absolute Gasteiger partial charge is 0.201 e. The quantitative estimate of drug-likeness (QED) is 0.721. The topological polar surface area (TPSA) is 29.5 Å². The van der Waals surface area contributed by atoms with E-state index in [1.54, 1.807) is 0 Å². The summed E-state index contributed by atoms with van der Waals surface area (Å²) in [6.45, 7) is -0.890. The minimum Gasteiger partial charge on any atom is -0.493 e. The molecule has 0 heterocycles. The molecule has 0 aromatic heterocycles. The third kappa shape index (κ3) is 1.60. The SMILES string of the molecule is COc1cc(F)c(CO)c(F)c1F. The molecule has 13 heavy (non-hydrogen) atoms. The fourth-order valence-electron chi connectivity index (χ4n) is 0.905. The number of benzene rings is 1. The molecule has 1 rings (SSSR count). The first kappa shape index (κ1) is 9.85. The van der Waals surface area contributed by atoms with Gasteiger partial charge in [0.05, 0.1) is 19.3 Å². The second-order valence-corrected chi connectivity index (χ2v) is 2.33. The number of ether oxygens (including phenoxy) is 1. The molecule has 0 amide bonds. The van der Waals surface area contributed by atoms with Gasteiger partial charge >= 0.3 is 0 Å². The Balaban J connectivity index is 3.37. The van der Waals surface area contributed by atoms with Crippen molar-refractivity contribution in [2.75, 3.05) is 7.11 Å². The maximum atomic E-state index is 12.9. The highest BCUT2D eigenvalue weighted by Crippen LogP contribution is 2.25. The van der Waals surface area contributed by atoms with Crippen molar-refractivity contribution in [2.45, 2.75) is 6.61 Å². The first-order chi connectivity index (χ1) is 6.11. The lowest BCUT2D eigenvalue weighted by Gasteiger charge is -2.06. The largest absolute Gasteiger partial charge is 0.493 e. The van der Waals surface area contributed by atoms with Crippen molar-refractivity contribution in [3.8, 4) is 5.75 Å². The molecule has 0 atom stereocenters. The Hall–Kier alpha value is -1.23. The van der Waals surface area contributed by atoms with Crippen molar-refractivity contribution in [3.05, 3.63) is 29.1 Å². The van der Waals surface area contributed by atoms with E-state index < -0.39 is 35.4 Å². The standard InChI is InChI=1S/C8H7F3O2/c1-13-6-2-5(9)4(3-12)7(10)8(6)11/h2,12H,3H2,1H3. The zero-order valence-electron chi connectivity index (χ0n) is 6.77. The van der Waals surface area contributed by atoms with Gasteiger partial charge in [-0.1, -0.05) is 0 Å². The van der Waals surface area contributed by atoms with Crippen LogP contribution >= 0.6 is 0 Å². The molecule has 0 spiro atoms. The zero-order valence-corrected chi connectivity index (χ0v) is 6.77. The van der Waals surface area contributed by atoms with Crippen LogP contribution in [0.15, 0.2) is 6.07 Å². The number of hydrogen-bond donors (Lipinski definition) is 1. The van der Waals surface area contributed by atoms with Crippen LogP contribution in [0, 0.1) is 17.5 Å². The average molecular weight is 192 g/mol. The minimum absolute atomic E-state index is 0.521. The van der Waals surface area contributed by atoms with Gasteiger partial charge in [0.1, 0.15) is 5.82 Å². The van der Waals surface area contributed by atoms with E-state index in [4.69, 9.17) is 5.11 Å². The van der Waals surface area contributed by atoms with E-state index in [-0.39, 0.29) is 0 Å². The number of aliphatic hydroxyl groups excluding tert-OH is 1. The Labute approximate surface area is 72.6 Å². The first-order valence-corrected chi connectivity index (χ1v) is 3.43. The van der Waals surface area contributed by atoms with Gasteiger partial charge in [0, 0.05) is 6.07 Å². The van der Waals surface area contributed by atoms with Gasteiger partial charge in [-0.25, -0.2) is 8.78 Å². The monoisotopic (exact) mass is 192 g/mol. The van der Waals surface area contributed by atoms with E-state index in [1.165, 1.54) is 0 Å². The number of aliphatic hydroxyl groups is 1. The Morgan fingerprint density at radius 2 is 1.92 bits per heavy atom. The summed E-state index contributed by atoms with van der Waals surface area (Å²) in [5.41, 5.74) is -0.696. The van der Waals surface area contributed by atoms with Gasteiger partial charge in [-0.15, -0.1) is 0 Å². The number of hydrogen-bond acceptors (Lipinski definition) is 2. The predicted octanol–water partition coefficient (Wildman–Crippen LogP) is 1.60. The summed E-state index contributed by atoms with van der Waals surface area (Å²) in [7, 11) is 1.09. The molecule has 1 aromatic rings. The molecule has 0 saturated carbocycles. The zero-order chi connectivity index (χ0) is 10.0. The summed E-state index contributed by atoms with van der Waals surface area (Å²) in [5, 5.41) is 8.50. The van der Waals surface area contributed by atoms with Gasteiger partial charge in [-0.05, 0) is 0 Å². The summed E-state index contributed by atoms with van der Waals surface area (Å²) in [6, 6.07) is 0.684. The van der Waals surface area contributed by atoms with Crippen LogP contribution in [0.25, 0.3) is 0 Å². The Morgan fingerprint density at radius 1 is 1.31 bits per heavy atom. The molecule has 5 heteroatoms. The molecule has 0 unspecified atom stereocenters. The van der Waals surface area contributed by atoms with Crippen LogP contribution in [0.1, 0.15) is 5.56 Å². The van der Waals surface area contributed by atoms with Crippen molar-refractivity contribution < 1.29 is 23.0 Å². The lowest BCUT2D eigenvalue weighted by atomic mass is 10.2. The Morgan fingerprint density at radius 3 is 2.38 bits per heavy atom. The molecule has 0 saturated heterocycles. The van der Waals surface area contributed by atoms with Crippen molar-refractivity contribution in [1.29, 1.82) is 0 Å². The lowest BCUT2D eigenvalue weighted by molar-refractivity contribution is 0.263. The van der Waals surface area contributed by atoms with Crippen LogP contribution in [0.4, 0.5) is 13.2 Å². The van der Waals surface area contributed by atoms with Crippen molar-refractivity contribution in [3.63, 3.8) is 0 Å². The van der Waals surface area contributed by atoms with Crippen molar-refractivity contribution >= 4 is 0 Å². The molecule has 0 radical (unpaired) electrons. The molecule has 0 bridgehead atoms. The van der Waals surface area contributed by atoms with Gasteiger partial charge in [-0.2, -0.15) is 4.39 Å². The minimum atomic E-state index is -1.42. The second kappa shape index (κ2) is 3.66. The molecule has 1 aromatic carbocycles. The third-order valence-corrected chi connectivity index (χ3v) is 1.60. The summed E-state index contributed by atoms with van der Waals surface area (Å²) < 4.78 is 42.9. The molecule has 72 valence electrons. The van der Waals surface area contributed by atoms with Crippen molar-refractivity contribution in [1.82, 2.24) is 0 Å². The molecule has 2 nitrogen and oxygen atoms in total. The fraction of sp³-hybridized carbons (Fsp3) is 0.250. The van der Waals surface area contributed by atoms with Crippen LogP contribution in [0.5, 0.6) is 5.75 Å². The van der Waals surface area contributed by atoms with Crippen LogP contribution in [0.2, 0.25) is 0 Å². The van der Waals surface area contributed by atoms with E-state index in [0.717, 1.165) is 7.11 Å². The number of halogens is 3. The molecule has 0 aliphatic carbocycles. The van der Waals surface area contributed by atoms with Gasteiger partial charge in [0.25, 0.3) is 0 Å². The van der Waals surface area contributed by atoms with Crippen LogP contribution in [0.3, 0.4) is 0 Å². The van der Waals surface area contributed by atoms with Crippen molar-refractivity contribution in [2.24, 2.45) is 0 Å². The van der Waals surface area contributed by atoms with E-state index in [2.05, 4.69) is 4.74 Å². The summed E-state index contributed by atoms with van der Waals surface area (Å²) in [5.74, 6) is -4.27. The van der Waals surface area contributed by atoms with E-state index in [1.807, 2.05) is 0 Å². The molecule has 0 aliphatic heterocycles. The molecular weight excluding hydrogens is 185 g/mol. The highest BCUT2D eigenvalue weighted by atomic mass is 19.2. The highest BCUT2D eigenvalue weighted by molar-refractivity contribution is 5.32. The summed E-state index contributed by atoms with van der Waals surface area (Å²) in [6.07, 6.45) is 0. The van der Waals surface area contributed by atoms with E-state index >= 15 is 0 Å². The molecular formula is C8H7F3O2. The van der Waals surface area contributed by atoms with E-state index in [9.17, 15) is 13.2 Å². The number of methoxy groups -OCH3 is 1. The first-order valence-electron chi connectivity index (χ1n) is 3.43. The maximum Gasteiger partial charge on any atom is 0.201 e. The van der Waals surface area contributed by atoms with E-state index in [0.29, 0.717) is 6.07 Å². The van der Waals surface area contributed by atoms with Gasteiger partial charge in [0.2, 0.25) is 5.82 Å². The predicted molar refractivity (Wildman–Crippen MR) is 38.8 cm³/mol. The number of rotatable bonds is 2. The third-order valence-electron chi connectivity index (χ3n) is 1.60. The summed E-state index contributed by atoms with van der Waals surface area (Å²) in [4.78, 5) is 0. The summed E-state index contributed by atoms with van der Waals surface area (Å²) >= 11 is 0. The normalized spacial score (nSPS) is 10.2. The fourth-order valence-corrected chi connectivity index (χ4v) is 0.905. The molecule has 1 N–H and O–H groups in total. The molecule has 0 aliphatic rings. The van der Waals surface area contributed by atoms with Crippen LogP contribution < -0.4 is 4.74 Å². The van der Waals surface area contributed by atoms with Gasteiger partial charge < -0.3 is 9.84 Å². The Kier molecular flexibility index (Phi) is 2.77. The van der Waals surface area contributed by atoms with Gasteiger partial charge in [0.15, 0.2) is 11.6 Å². The lowest BCUT2D eigenvalue weighted by Crippen LogP contribution is -2.01. The average Bonchev–Trinajstić information content (AvgIpc) is 2.12. The van der Waals surface area contributed by atoms with Crippen LogP contribution in [-0.2, 0) is 6.61 Å². The second-order valence-electron chi connectivity index (χ2n) is 2.33. The molecule has 0 fully saturated rings. The Bertz CT molecular complexity index is 326. The van der Waals surface area contributed by atoms with Crippen LogP contribution in [-0.4, -0.2) is 12.2 Å². The van der Waals surface area contributed by atoms with Gasteiger partial charge in [-0.3, -0.25) is 0 Å². The maximum absolute atomic E-state index is 12.9. The highest BCUT2D eigenvalue weighted by Gasteiger charge is 2.18.